The van der Waals surface area contributed by atoms with Gasteiger partial charge in [0.2, 0.25) is 0 Å². The van der Waals surface area contributed by atoms with Gasteiger partial charge in [0.15, 0.2) is 5.56 Å². The minimum Gasteiger partial charge on any atom is -0.446 e. The summed E-state index contributed by atoms with van der Waals surface area (Å²) in [5, 5.41) is 2.64. The largest absolute Gasteiger partial charge is 0.446 e. The van der Waals surface area contributed by atoms with Gasteiger partial charge in [-0.2, -0.15) is 0 Å². The van der Waals surface area contributed by atoms with Crippen molar-refractivity contribution in [3.63, 3.8) is 0 Å². The van der Waals surface area contributed by atoms with E-state index in [1.165, 1.54) is 0 Å². The third-order valence-electron chi connectivity index (χ3n) is 2.11. The van der Waals surface area contributed by atoms with Crippen molar-refractivity contribution >= 4 is 23.7 Å². The van der Waals surface area contributed by atoms with Gasteiger partial charge in [-0.05, 0) is 40.0 Å². The van der Waals surface area contributed by atoms with E-state index in [9.17, 15) is 9.59 Å². The molecule has 2 unspecified atom stereocenters. The second kappa shape index (κ2) is 8.25. The van der Waals surface area contributed by atoms with Gasteiger partial charge in [-0.1, -0.05) is 18.5 Å². The quantitative estimate of drug-likeness (QED) is 0.604. The normalized spacial score (nSPS) is 14.4. The minimum atomic E-state index is -0.611. The lowest BCUT2D eigenvalue weighted by atomic mass is 10.0. The molecule has 0 aliphatic carbocycles. The van der Waals surface area contributed by atoms with Gasteiger partial charge in [-0.3, -0.25) is 4.79 Å². The van der Waals surface area contributed by atoms with Crippen LogP contribution in [-0.4, -0.2) is 29.8 Å². The monoisotopic (exact) mass is 293 g/mol. The smallest absolute Gasteiger partial charge is 0.407 e. The van der Waals surface area contributed by atoms with Crippen molar-refractivity contribution in [2.45, 2.75) is 58.6 Å². The number of ether oxygens (including phenoxy) is 2. The number of nitrogens with one attached hydrogen (secondary N) is 1. The fourth-order valence-electron chi connectivity index (χ4n) is 1.35. The van der Waals surface area contributed by atoms with Crippen LogP contribution < -0.4 is 5.32 Å². The molecule has 0 aromatic heterocycles. The molecule has 0 heterocycles. The number of amides is 1. The lowest BCUT2D eigenvalue weighted by Gasteiger charge is -2.20. The van der Waals surface area contributed by atoms with Gasteiger partial charge in [0.05, 0.1) is 0 Å². The molecule has 0 rings (SSSR count). The molecule has 0 aromatic rings. The number of alkyl halides is 1. The first-order chi connectivity index (χ1) is 8.60. The molecular formula is C13H24ClNO4. The summed E-state index contributed by atoms with van der Waals surface area (Å²) in [5.41, 5.74) is -1.12. The van der Waals surface area contributed by atoms with Crippen molar-refractivity contribution in [3.05, 3.63) is 0 Å². The molecule has 0 aliphatic heterocycles. The Bertz CT molecular complexity index is 300. The highest BCUT2D eigenvalue weighted by Crippen LogP contribution is 2.10. The lowest BCUT2D eigenvalue weighted by Crippen LogP contribution is -2.33. The molecule has 19 heavy (non-hydrogen) atoms. The molecule has 0 bridgehead atoms. The molecule has 0 aliphatic rings. The maximum absolute atomic E-state index is 11.4. The summed E-state index contributed by atoms with van der Waals surface area (Å²) in [4.78, 5) is 22.7. The number of hydrogen-bond acceptors (Lipinski definition) is 4. The van der Waals surface area contributed by atoms with E-state index >= 15 is 0 Å². The van der Waals surface area contributed by atoms with Crippen LogP contribution in [0.4, 0.5) is 4.79 Å². The summed E-state index contributed by atoms with van der Waals surface area (Å²) in [6, 6.07) is 0. The molecule has 0 fully saturated rings. The van der Waals surface area contributed by atoms with Crippen molar-refractivity contribution in [3.8, 4) is 0 Å². The Morgan fingerprint density at radius 2 is 1.84 bits per heavy atom. The molecule has 2 atom stereocenters. The molecule has 5 nitrogen and oxygen atoms in total. The minimum absolute atomic E-state index is 0.109. The van der Waals surface area contributed by atoms with Crippen molar-refractivity contribution in [1.82, 2.24) is 5.32 Å². The molecular weight excluding hydrogens is 270 g/mol. The second-order valence-corrected chi connectivity index (χ2v) is 6.17. The highest BCUT2D eigenvalue weighted by atomic mass is 35.5. The van der Waals surface area contributed by atoms with Gasteiger partial charge in [0.25, 0.3) is 0 Å². The van der Waals surface area contributed by atoms with E-state index in [0.717, 1.165) is 0 Å². The Hall–Kier alpha value is -0.970. The predicted molar refractivity (Wildman–Crippen MR) is 74.0 cm³/mol. The molecule has 0 saturated carbocycles. The average molecular weight is 294 g/mol. The Balaban J connectivity index is 3.77. The van der Waals surface area contributed by atoms with Crippen LogP contribution in [0, 0.1) is 5.92 Å². The van der Waals surface area contributed by atoms with Gasteiger partial charge < -0.3 is 14.8 Å². The van der Waals surface area contributed by atoms with Crippen LogP contribution in [0.5, 0.6) is 0 Å². The molecule has 0 spiro atoms. The Morgan fingerprint density at radius 1 is 1.26 bits per heavy atom. The van der Waals surface area contributed by atoms with Crippen LogP contribution in [0.3, 0.4) is 0 Å². The molecule has 1 amide bonds. The van der Waals surface area contributed by atoms with Crippen LogP contribution >= 0.6 is 11.6 Å². The van der Waals surface area contributed by atoms with E-state index in [1.807, 2.05) is 6.92 Å². The molecule has 0 saturated heterocycles. The van der Waals surface area contributed by atoms with Crippen LogP contribution in [0.1, 0.15) is 47.5 Å². The SMILES string of the molecule is CC(CCNC(=O)OC(C)(C)C)CC(=O)OC(C)Cl. The molecule has 0 aromatic carbocycles. The maximum atomic E-state index is 11.4. The molecule has 6 heteroatoms. The number of alkyl carbamates (subject to hydrolysis) is 1. The summed E-state index contributed by atoms with van der Waals surface area (Å²) in [6.45, 7) is 9.38. The first-order valence-corrected chi connectivity index (χ1v) is 6.84. The number of halogens is 1. The molecule has 0 radical (unpaired) electrons. The van der Waals surface area contributed by atoms with Crippen LogP contribution in [0.2, 0.25) is 0 Å². The zero-order valence-electron chi connectivity index (χ0n) is 12.3. The van der Waals surface area contributed by atoms with Gasteiger partial charge in [0.1, 0.15) is 5.60 Å². The van der Waals surface area contributed by atoms with Gasteiger partial charge in [-0.25, -0.2) is 4.79 Å². The summed E-state index contributed by atoms with van der Waals surface area (Å²) in [6.07, 6.45) is 0.509. The molecule has 1 N–H and O–H groups in total. The van der Waals surface area contributed by atoms with E-state index in [1.54, 1.807) is 27.7 Å². The summed E-state index contributed by atoms with van der Waals surface area (Å²) in [7, 11) is 0. The van der Waals surface area contributed by atoms with E-state index in [-0.39, 0.29) is 18.3 Å². The highest BCUT2D eigenvalue weighted by Gasteiger charge is 2.16. The number of rotatable bonds is 6. The summed E-state index contributed by atoms with van der Waals surface area (Å²) in [5.74, 6) is -0.217. The maximum Gasteiger partial charge on any atom is 0.407 e. The van der Waals surface area contributed by atoms with Crippen LogP contribution in [-0.2, 0) is 14.3 Å². The second-order valence-electron chi connectivity index (χ2n) is 5.56. The summed E-state index contributed by atoms with van der Waals surface area (Å²) >= 11 is 5.55. The van der Waals surface area contributed by atoms with Gasteiger partial charge in [0, 0.05) is 13.0 Å². The lowest BCUT2D eigenvalue weighted by molar-refractivity contribution is -0.145. The predicted octanol–water partition coefficient (Wildman–Crippen LogP) is 3.06. The highest BCUT2D eigenvalue weighted by molar-refractivity contribution is 6.19. The van der Waals surface area contributed by atoms with Gasteiger partial charge in [-0.15, -0.1) is 0 Å². The number of hydrogen-bond donors (Lipinski definition) is 1. The average Bonchev–Trinajstić information content (AvgIpc) is 2.12. The third kappa shape index (κ3) is 11.8. The van der Waals surface area contributed by atoms with E-state index in [2.05, 4.69) is 5.32 Å². The number of carbonyl (C=O) groups excluding carboxylic acids is 2. The first-order valence-electron chi connectivity index (χ1n) is 6.40. The van der Waals surface area contributed by atoms with E-state index in [0.29, 0.717) is 13.0 Å². The molecule has 112 valence electrons. The Kier molecular flexibility index (Phi) is 7.83. The van der Waals surface area contributed by atoms with E-state index in [4.69, 9.17) is 21.1 Å². The Labute approximate surface area is 120 Å². The van der Waals surface area contributed by atoms with Crippen molar-refractivity contribution < 1.29 is 19.1 Å². The Morgan fingerprint density at radius 3 is 2.32 bits per heavy atom. The fraction of sp³-hybridized carbons (Fsp3) is 0.846. The van der Waals surface area contributed by atoms with Crippen molar-refractivity contribution in [2.24, 2.45) is 5.92 Å². The van der Waals surface area contributed by atoms with E-state index < -0.39 is 17.3 Å². The first kappa shape index (κ1) is 18.0. The van der Waals surface area contributed by atoms with Gasteiger partial charge >= 0.3 is 12.1 Å². The van der Waals surface area contributed by atoms with Crippen molar-refractivity contribution in [1.29, 1.82) is 0 Å². The third-order valence-corrected chi connectivity index (χ3v) is 2.20. The fourth-order valence-corrected chi connectivity index (χ4v) is 1.45. The topological polar surface area (TPSA) is 64.6 Å². The zero-order chi connectivity index (χ0) is 15.1. The van der Waals surface area contributed by atoms with Crippen LogP contribution in [0.15, 0.2) is 0 Å². The standard InChI is InChI=1S/C13H24ClNO4/c1-9(8-11(16)18-10(2)14)6-7-15-12(17)19-13(3,4)5/h9-10H,6-8H2,1-5H3,(H,15,17). The van der Waals surface area contributed by atoms with Crippen LogP contribution in [0.25, 0.3) is 0 Å². The number of carbonyl (C=O) groups is 2. The summed E-state index contributed by atoms with van der Waals surface area (Å²) < 4.78 is 9.92. The zero-order valence-corrected chi connectivity index (χ0v) is 13.0. The number of esters is 1. The van der Waals surface area contributed by atoms with Crippen molar-refractivity contribution in [2.75, 3.05) is 6.54 Å².